The quantitative estimate of drug-likeness (QED) is 0.480. The molecule has 10 nitrogen and oxygen atoms in total. The third-order valence-electron chi connectivity index (χ3n) is 4.02. The van der Waals surface area contributed by atoms with E-state index in [-0.39, 0.29) is 24.6 Å². The SMILES string of the molecule is Cc1nn(C)c(C)c1/C=N/NC(=O)CCn1nc(C)c([N+](=O)[O-])c1C. The highest BCUT2D eigenvalue weighted by Crippen LogP contribution is 2.21. The Kier molecular flexibility index (Phi) is 5.30. The van der Waals surface area contributed by atoms with Gasteiger partial charge in [0.1, 0.15) is 11.4 Å². The summed E-state index contributed by atoms with van der Waals surface area (Å²) < 4.78 is 3.21. The molecule has 1 N–H and O–H groups in total. The predicted molar refractivity (Wildman–Crippen MR) is 91.4 cm³/mol. The van der Waals surface area contributed by atoms with Crippen LogP contribution in [0.4, 0.5) is 5.69 Å². The molecule has 25 heavy (non-hydrogen) atoms. The van der Waals surface area contributed by atoms with Crippen LogP contribution in [0.2, 0.25) is 0 Å². The molecule has 2 aromatic heterocycles. The van der Waals surface area contributed by atoms with Gasteiger partial charge in [-0.2, -0.15) is 15.3 Å². The van der Waals surface area contributed by atoms with Crippen molar-refractivity contribution in [1.29, 1.82) is 0 Å². The lowest BCUT2D eigenvalue weighted by atomic mass is 10.2. The monoisotopic (exact) mass is 347 g/mol. The molecule has 0 saturated carbocycles. The number of hydrogen-bond donors (Lipinski definition) is 1. The molecule has 0 aromatic carbocycles. The molecule has 0 aliphatic heterocycles. The molecular formula is C15H21N7O3. The summed E-state index contributed by atoms with van der Waals surface area (Å²) in [5.41, 5.74) is 5.84. The van der Waals surface area contributed by atoms with Gasteiger partial charge >= 0.3 is 5.69 Å². The maximum atomic E-state index is 11.9. The van der Waals surface area contributed by atoms with Gasteiger partial charge in [0.05, 0.1) is 23.4 Å². The van der Waals surface area contributed by atoms with Crippen LogP contribution in [-0.4, -0.2) is 36.6 Å². The summed E-state index contributed by atoms with van der Waals surface area (Å²) in [6.45, 7) is 7.21. The number of hydrazone groups is 1. The van der Waals surface area contributed by atoms with Crippen LogP contribution in [0.5, 0.6) is 0 Å². The first-order valence-electron chi connectivity index (χ1n) is 7.72. The van der Waals surface area contributed by atoms with Gasteiger partial charge in [0.25, 0.3) is 0 Å². The summed E-state index contributed by atoms with van der Waals surface area (Å²) in [7, 11) is 1.84. The van der Waals surface area contributed by atoms with Crippen LogP contribution < -0.4 is 5.43 Å². The number of rotatable bonds is 6. The molecule has 1 amide bonds. The Morgan fingerprint density at radius 3 is 2.44 bits per heavy atom. The highest BCUT2D eigenvalue weighted by Gasteiger charge is 2.21. The second-order valence-corrected chi connectivity index (χ2v) is 5.75. The number of nitro groups is 1. The van der Waals surface area contributed by atoms with Crippen LogP contribution >= 0.6 is 0 Å². The molecule has 10 heteroatoms. The maximum absolute atomic E-state index is 11.9. The minimum atomic E-state index is -0.461. The fourth-order valence-corrected chi connectivity index (χ4v) is 2.58. The predicted octanol–water partition coefficient (Wildman–Crippen LogP) is 1.30. The standard InChI is InChI=1S/C15H21N7O3/c1-9-13(11(3)20(5)18-9)8-16-17-14(23)6-7-21-12(4)15(22(24)25)10(2)19-21/h8H,6-7H2,1-5H3,(H,17,23)/b16-8+. The highest BCUT2D eigenvalue weighted by molar-refractivity contribution is 5.84. The van der Waals surface area contributed by atoms with E-state index < -0.39 is 4.92 Å². The van der Waals surface area contributed by atoms with Crippen molar-refractivity contribution in [2.75, 3.05) is 0 Å². The Morgan fingerprint density at radius 2 is 1.92 bits per heavy atom. The van der Waals surface area contributed by atoms with Gasteiger partial charge in [-0.25, -0.2) is 5.43 Å². The number of aryl methyl sites for hydroxylation is 4. The molecule has 0 aliphatic rings. The van der Waals surface area contributed by atoms with E-state index in [2.05, 4.69) is 20.7 Å². The van der Waals surface area contributed by atoms with Crippen molar-refractivity contribution < 1.29 is 9.72 Å². The Morgan fingerprint density at radius 1 is 1.24 bits per heavy atom. The fraction of sp³-hybridized carbons (Fsp3) is 0.467. The number of carbonyl (C=O) groups excluding carboxylic acids is 1. The maximum Gasteiger partial charge on any atom is 0.312 e. The summed E-state index contributed by atoms with van der Waals surface area (Å²) in [6, 6.07) is 0. The van der Waals surface area contributed by atoms with E-state index in [4.69, 9.17) is 0 Å². The van der Waals surface area contributed by atoms with Crippen molar-refractivity contribution >= 4 is 17.8 Å². The van der Waals surface area contributed by atoms with E-state index in [1.807, 2.05) is 20.9 Å². The first-order valence-corrected chi connectivity index (χ1v) is 7.72. The second kappa shape index (κ2) is 7.24. The zero-order valence-corrected chi connectivity index (χ0v) is 14.9. The summed E-state index contributed by atoms with van der Waals surface area (Å²) in [5, 5.41) is 23.3. The molecule has 2 heterocycles. The number of aromatic nitrogens is 4. The lowest BCUT2D eigenvalue weighted by Gasteiger charge is -2.03. The second-order valence-electron chi connectivity index (χ2n) is 5.75. The molecule has 0 aliphatic carbocycles. The average Bonchev–Trinajstić information content (AvgIpc) is 2.94. The van der Waals surface area contributed by atoms with Gasteiger partial charge in [0.15, 0.2) is 0 Å². The molecule has 0 unspecified atom stereocenters. The molecule has 134 valence electrons. The smallest absolute Gasteiger partial charge is 0.273 e. The van der Waals surface area contributed by atoms with Gasteiger partial charge in [-0.05, 0) is 27.7 Å². The summed E-state index contributed by atoms with van der Waals surface area (Å²) in [6.07, 6.45) is 1.67. The van der Waals surface area contributed by atoms with E-state index in [1.165, 1.54) is 4.68 Å². The van der Waals surface area contributed by atoms with Gasteiger partial charge in [-0.15, -0.1) is 0 Å². The molecule has 0 spiro atoms. The molecule has 2 aromatic rings. The lowest BCUT2D eigenvalue weighted by Crippen LogP contribution is -2.20. The van der Waals surface area contributed by atoms with Crippen LogP contribution in [0.25, 0.3) is 0 Å². The average molecular weight is 347 g/mol. The zero-order chi connectivity index (χ0) is 18.7. The third-order valence-corrected chi connectivity index (χ3v) is 4.02. The van der Waals surface area contributed by atoms with E-state index in [0.717, 1.165) is 17.0 Å². The van der Waals surface area contributed by atoms with Gasteiger partial charge in [-0.1, -0.05) is 0 Å². The molecule has 0 fully saturated rings. The Balaban J connectivity index is 1.94. The van der Waals surface area contributed by atoms with Crippen LogP contribution in [0.15, 0.2) is 5.10 Å². The zero-order valence-electron chi connectivity index (χ0n) is 14.9. The third kappa shape index (κ3) is 3.90. The van der Waals surface area contributed by atoms with Crippen LogP contribution in [-0.2, 0) is 18.4 Å². The lowest BCUT2D eigenvalue weighted by molar-refractivity contribution is -0.386. The number of nitrogens with one attached hydrogen (secondary N) is 1. The van der Waals surface area contributed by atoms with Crippen molar-refractivity contribution in [2.45, 2.75) is 40.7 Å². The topological polar surface area (TPSA) is 120 Å². The molecule has 2 rings (SSSR count). The number of nitrogens with zero attached hydrogens (tertiary/aromatic N) is 6. The van der Waals surface area contributed by atoms with Crippen molar-refractivity contribution in [3.63, 3.8) is 0 Å². The first kappa shape index (κ1) is 18.3. The van der Waals surface area contributed by atoms with E-state index >= 15 is 0 Å². The number of carbonyl (C=O) groups is 1. The highest BCUT2D eigenvalue weighted by atomic mass is 16.6. The summed E-state index contributed by atoms with van der Waals surface area (Å²) >= 11 is 0. The summed E-state index contributed by atoms with van der Waals surface area (Å²) in [4.78, 5) is 22.4. The van der Waals surface area contributed by atoms with E-state index in [9.17, 15) is 14.9 Å². The Hall–Kier alpha value is -3.04. The fourth-order valence-electron chi connectivity index (χ4n) is 2.58. The minimum absolute atomic E-state index is 0.0130. The van der Waals surface area contributed by atoms with Gasteiger partial charge < -0.3 is 0 Å². The van der Waals surface area contributed by atoms with E-state index in [1.54, 1.807) is 24.7 Å². The van der Waals surface area contributed by atoms with Crippen molar-refractivity contribution in [1.82, 2.24) is 25.0 Å². The van der Waals surface area contributed by atoms with Crippen LogP contribution in [0.1, 0.15) is 34.8 Å². The van der Waals surface area contributed by atoms with Gasteiger partial charge in [-0.3, -0.25) is 24.3 Å². The number of hydrogen-bond acceptors (Lipinski definition) is 6. The molecule has 0 saturated heterocycles. The van der Waals surface area contributed by atoms with Crippen molar-refractivity contribution in [3.8, 4) is 0 Å². The first-order chi connectivity index (χ1) is 11.7. The van der Waals surface area contributed by atoms with Crippen molar-refractivity contribution in [2.24, 2.45) is 12.1 Å². The molecule has 0 radical (unpaired) electrons. The van der Waals surface area contributed by atoms with Crippen LogP contribution in [0.3, 0.4) is 0 Å². The normalized spacial score (nSPS) is 11.2. The Bertz CT molecular complexity index is 848. The van der Waals surface area contributed by atoms with Crippen molar-refractivity contribution in [3.05, 3.63) is 38.5 Å². The summed E-state index contributed by atoms with van der Waals surface area (Å²) in [5.74, 6) is -0.300. The number of amides is 1. The van der Waals surface area contributed by atoms with Crippen LogP contribution in [0, 0.1) is 37.8 Å². The molecule has 0 bridgehead atoms. The van der Waals surface area contributed by atoms with Gasteiger partial charge in [0.2, 0.25) is 5.91 Å². The van der Waals surface area contributed by atoms with E-state index in [0.29, 0.717) is 11.4 Å². The Labute approximate surface area is 144 Å². The largest absolute Gasteiger partial charge is 0.312 e. The van der Waals surface area contributed by atoms with Gasteiger partial charge in [0, 0.05) is 24.7 Å². The minimum Gasteiger partial charge on any atom is -0.273 e. The molecular weight excluding hydrogens is 326 g/mol. The molecule has 0 atom stereocenters.